The highest BCUT2D eigenvalue weighted by Gasteiger charge is 2.18. The van der Waals surface area contributed by atoms with E-state index < -0.39 is 0 Å². The normalized spacial score (nSPS) is 13.9. The Hall–Kier alpha value is -2.82. The molecule has 0 unspecified atom stereocenters. The van der Waals surface area contributed by atoms with Crippen LogP contribution in [0.5, 0.6) is 0 Å². The Morgan fingerprint density at radius 1 is 0.964 bits per heavy atom. The maximum atomic E-state index is 12.4. The first kappa shape index (κ1) is 19.9. The van der Waals surface area contributed by atoms with Crippen LogP contribution in [0.2, 0.25) is 0 Å². The van der Waals surface area contributed by atoms with Gasteiger partial charge in [0.15, 0.2) is 0 Å². The van der Waals surface area contributed by atoms with E-state index in [0.717, 1.165) is 24.8 Å². The lowest BCUT2D eigenvalue weighted by atomic mass is 10.1. The second kappa shape index (κ2) is 9.40. The van der Waals surface area contributed by atoms with Gasteiger partial charge in [-0.3, -0.25) is 4.79 Å². The number of aryl methyl sites for hydroxylation is 1. The van der Waals surface area contributed by atoms with Gasteiger partial charge in [-0.15, -0.1) is 0 Å². The molecule has 1 aliphatic rings. The third kappa shape index (κ3) is 5.35. The van der Waals surface area contributed by atoms with E-state index in [1.807, 2.05) is 0 Å². The number of benzene rings is 2. The minimum Gasteiger partial charge on any atom is -0.349 e. The van der Waals surface area contributed by atoms with Crippen molar-refractivity contribution < 1.29 is 9.59 Å². The van der Waals surface area contributed by atoms with Crippen LogP contribution in [0.1, 0.15) is 54.1 Å². The van der Waals surface area contributed by atoms with Crippen LogP contribution >= 0.6 is 0 Å². The molecule has 0 saturated heterocycles. The maximum Gasteiger partial charge on any atom is 0.321 e. The van der Waals surface area contributed by atoms with Crippen molar-refractivity contribution >= 4 is 17.6 Å². The van der Waals surface area contributed by atoms with Gasteiger partial charge in [-0.2, -0.15) is 0 Å². The van der Waals surface area contributed by atoms with E-state index in [1.54, 1.807) is 36.2 Å². The van der Waals surface area contributed by atoms with Crippen molar-refractivity contribution in [3.8, 4) is 0 Å². The molecule has 3 amide bonds. The van der Waals surface area contributed by atoms with Crippen LogP contribution in [0.4, 0.5) is 10.5 Å². The Kier molecular flexibility index (Phi) is 6.69. The van der Waals surface area contributed by atoms with Crippen LogP contribution < -0.4 is 10.6 Å². The van der Waals surface area contributed by atoms with Gasteiger partial charge < -0.3 is 15.5 Å². The number of nitrogens with zero attached hydrogens (tertiary/aromatic N) is 1. The summed E-state index contributed by atoms with van der Waals surface area (Å²) in [6.45, 7) is 2.66. The second-order valence-electron chi connectivity index (χ2n) is 7.49. The average molecular weight is 380 g/mol. The monoisotopic (exact) mass is 379 g/mol. The summed E-state index contributed by atoms with van der Waals surface area (Å²) in [6, 6.07) is 15.5. The molecular weight excluding hydrogens is 350 g/mol. The summed E-state index contributed by atoms with van der Waals surface area (Å²) in [5, 5.41) is 5.95. The van der Waals surface area contributed by atoms with E-state index in [1.165, 1.54) is 18.4 Å². The molecule has 0 radical (unpaired) electrons. The van der Waals surface area contributed by atoms with Gasteiger partial charge in [0.25, 0.3) is 5.91 Å². The predicted octanol–water partition coefficient (Wildman–Crippen LogP) is 4.59. The largest absolute Gasteiger partial charge is 0.349 e. The van der Waals surface area contributed by atoms with Gasteiger partial charge in [-0.05, 0) is 54.7 Å². The van der Waals surface area contributed by atoms with Gasteiger partial charge >= 0.3 is 6.03 Å². The molecule has 148 valence electrons. The Bertz CT molecular complexity index is 794. The van der Waals surface area contributed by atoms with Crippen LogP contribution in [0.3, 0.4) is 0 Å². The average Bonchev–Trinajstić information content (AvgIpc) is 3.22. The SMILES string of the molecule is CCc1ccc(CN(C)C(=O)Nc2ccc(C(=O)NC3CCCC3)cc2)cc1. The molecule has 1 saturated carbocycles. The number of carbonyl (C=O) groups is 2. The van der Waals surface area contributed by atoms with Gasteiger partial charge in [0.1, 0.15) is 0 Å². The fourth-order valence-electron chi connectivity index (χ4n) is 3.49. The summed E-state index contributed by atoms with van der Waals surface area (Å²) >= 11 is 0. The van der Waals surface area contributed by atoms with Crippen molar-refractivity contribution in [3.05, 3.63) is 65.2 Å². The smallest absolute Gasteiger partial charge is 0.321 e. The van der Waals surface area contributed by atoms with E-state index in [9.17, 15) is 9.59 Å². The molecule has 1 aliphatic carbocycles. The highest BCUT2D eigenvalue weighted by molar-refractivity contribution is 5.95. The molecule has 0 spiro atoms. The van der Waals surface area contributed by atoms with Crippen molar-refractivity contribution in [2.24, 2.45) is 0 Å². The number of hydrogen-bond donors (Lipinski definition) is 2. The molecule has 5 heteroatoms. The van der Waals surface area contributed by atoms with Crippen molar-refractivity contribution in [2.75, 3.05) is 12.4 Å². The lowest BCUT2D eigenvalue weighted by Crippen LogP contribution is -2.32. The van der Waals surface area contributed by atoms with Gasteiger partial charge in [0, 0.05) is 30.9 Å². The Labute approximate surface area is 167 Å². The first-order chi connectivity index (χ1) is 13.5. The third-order valence-corrected chi connectivity index (χ3v) is 5.29. The van der Waals surface area contributed by atoms with Crippen LogP contribution in [0.15, 0.2) is 48.5 Å². The molecule has 2 N–H and O–H groups in total. The summed E-state index contributed by atoms with van der Waals surface area (Å²) < 4.78 is 0. The van der Waals surface area contributed by atoms with Crippen molar-refractivity contribution in [1.29, 1.82) is 0 Å². The molecule has 2 aromatic carbocycles. The molecule has 2 aromatic rings. The van der Waals surface area contributed by atoms with Crippen LogP contribution in [0.25, 0.3) is 0 Å². The molecular formula is C23H29N3O2. The zero-order valence-electron chi connectivity index (χ0n) is 16.7. The molecule has 0 aliphatic heterocycles. The Balaban J connectivity index is 1.52. The zero-order chi connectivity index (χ0) is 19.9. The molecule has 5 nitrogen and oxygen atoms in total. The van der Waals surface area contributed by atoms with Gasteiger partial charge in [-0.1, -0.05) is 44.0 Å². The van der Waals surface area contributed by atoms with E-state index in [4.69, 9.17) is 0 Å². The van der Waals surface area contributed by atoms with Crippen molar-refractivity contribution in [2.45, 2.75) is 51.6 Å². The molecule has 0 bridgehead atoms. The molecule has 1 fully saturated rings. The zero-order valence-corrected chi connectivity index (χ0v) is 16.7. The quantitative estimate of drug-likeness (QED) is 0.771. The molecule has 0 heterocycles. The van der Waals surface area contributed by atoms with Crippen molar-refractivity contribution in [1.82, 2.24) is 10.2 Å². The number of anilines is 1. The van der Waals surface area contributed by atoms with Gasteiger partial charge in [0.05, 0.1) is 0 Å². The predicted molar refractivity (Wildman–Crippen MR) is 112 cm³/mol. The molecule has 0 aromatic heterocycles. The number of hydrogen-bond acceptors (Lipinski definition) is 2. The van der Waals surface area contributed by atoms with Gasteiger partial charge in [0.2, 0.25) is 0 Å². The number of nitrogens with one attached hydrogen (secondary N) is 2. The summed E-state index contributed by atoms with van der Waals surface area (Å²) in [5.41, 5.74) is 3.67. The topological polar surface area (TPSA) is 61.4 Å². The van der Waals surface area contributed by atoms with Crippen LogP contribution in [-0.2, 0) is 13.0 Å². The second-order valence-corrected chi connectivity index (χ2v) is 7.49. The maximum absolute atomic E-state index is 12.4. The van der Waals surface area contributed by atoms with Crippen LogP contribution in [0, 0.1) is 0 Å². The first-order valence-corrected chi connectivity index (χ1v) is 10.1. The Morgan fingerprint density at radius 2 is 1.57 bits per heavy atom. The summed E-state index contributed by atoms with van der Waals surface area (Å²) in [6.07, 6.45) is 5.50. The number of urea groups is 1. The summed E-state index contributed by atoms with van der Waals surface area (Å²) in [5.74, 6) is -0.0441. The van der Waals surface area contributed by atoms with E-state index in [0.29, 0.717) is 23.8 Å². The van der Waals surface area contributed by atoms with Gasteiger partial charge in [-0.25, -0.2) is 4.79 Å². The minimum absolute atomic E-state index is 0.0441. The highest BCUT2D eigenvalue weighted by Crippen LogP contribution is 2.18. The molecule has 0 atom stereocenters. The third-order valence-electron chi connectivity index (χ3n) is 5.29. The Morgan fingerprint density at radius 3 is 2.18 bits per heavy atom. The molecule has 28 heavy (non-hydrogen) atoms. The van der Waals surface area contributed by atoms with Crippen LogP contribution in [-0.4, -0.2) is 29.9 Å². The fourth-order valence-corrected chi connectivity index (χ4v) is 3.49. The molecule has 3 rings (SSSR count). The fraction of sp³-hybridized carbons (Fsp3) is 0.391. The van der Waals surface area contributed by atoms with E-state index in [2.05, 4.69) is 41.8 Å². The van der Waals surface area contributed by atoms with E-state index >= 15 is 0 Å². The summed E-state index contributed by atoms with van der Waals surface area (Å²) in [7, 11) is 1.77. The standard InChI is InChI=1S/C23H29N3O2/c1-3-17-8-10-18(11-9-17)16-26(2)23(28)25-21-14-12-19(13-15-21)22(27)24-20-6-4-5-7-20/h8-15,20H,3-7,16H2,1-2H3,(H,24,27)(H,25,28). The number of carbonyl (C=O) groups excluding carboxylic acids is 2. The lowest BCUT2D eigenvalue weighted by molar-refractivity contribution is 0.0938. The lowest BCUT2D eigenvalue weighted by Gasteiger charge is -2.18. The summed E-state index contributed by atoms with van der Waals surface area (Å²) in [4.78, 5) is 26.3. The highest BCUT2D eigenvalue weighted by atomic mass is 16.2. The van der Waals surface area contributed by atoms with Crippen molar-refractivity contribution in [3.63, 3.8) is 0 Å². The number of amides is 3. The first-order valence-electron chi connectivity index (χ1n) is 10.1. The minimum atomic E-state index is -0.178. The number of rotatable bonds is 6. The van der Waals surface area contributed by atoms with E-state index in [-0.39, 0.29) is 11.9 Å².